The van der Waals surface area contributed by atoms with Gasteiger partial charge < -0.3 is 5.11 Å². The lowest BCUT2D eigenvalue weighted by molar-refractivity contribution is 0.0626. The fraction of sp³-hybridized carbons (Fsp3) is 0.600. The van der Waals surface area contributed by atoms with Gasteiger partial charge in [-0.15, -0.1) is 0 Å². The van der Waals surface area contributed by atoms with Crippen molar-refractivity contribution in [2.75, 3.05) is 0 Å². The molecule has 1 aromatic carbocycles. The van der Waals surface area contributed by atoms with E-state index in [0.29, 0.717) is 5.92 Å². The van der Waals surface area contributed by atoms with Crippen LogP contribution < -0.4 is 0 Å². The summed E-state index contributed by atoms with van der Waals surface area (Å²) < 4.78 is 0. The largest absolute Gasteiger partial charge is 0.388 e. The molecule has 90 valence electrons. The van der Waals surface area contributed by atoms with Crippen molar-refractivity contribution in [3.05, 3.63) is 35.4 Å². The molecular formula is C15H24O. The molecule has 0 aliphatic rings. The lowest BCUT2D eigenvalue weighted by Gasteiger charge is -2.26. The molecule has 0 spiro atoms. The average Bonchev–Trinajstić information content (AvgIpc) is 2.26. The molecule has 0 heterocycles. The van der Waals surface area contributed by atoms with Crippen molar-refractivity contribution in [2.45, 2.75) is 53.1 Å². The van der Waals surface area contributed by atoms with Crippen molar-refractivity contribution in [3.63, 3.8) is 0 Å². The van der Waals surface area contributed by atoms with E-state index in [-0.39, 0.29) is 5.41 Å². The van der Waals surface area contributed by atoms with Gasteiger partial charge in [0, 0.05) is 0 Å². The predicted octanol–water partition coefficient (Wildman–Crippen LogP) is 4.28. The first kappa shape index (κ1) is 13.2. The van der Waals surface area contributed by atoms with Gasteiger partial charge in [0.05, 0.1) is 6.10 Å². The van der Waals surface area contributed by atoms with Gasteiger partial charge in [0.1, 0.15) is 0 Å². The third-order valence-corrected chi connectivity index (χ3v) is 3.25. The minimum absolute atomic E-state index is 0.0993. The van der Waals surface area contributed by atoms with Crippen LogP contribution in [0.15, 0.2) is 24.3 Å². The predicted molar refractivity (Wildman–Crippen MR) is 69.6 cm³/mol. The molecule has 0 aliphatic heterocycles. The van der Waals surface area contributed by atoms with Crippen molar-refractivity contribution < 1.29 is 5.11 Å². The summed E-state index contributed by atoms with van der Waals surface area (Å²) in [5.41, 5.74) is 2.27. The van der Waals surface area contributed by atoms with Gasteiger partial charge in [-0.05, 0) is 28.9 Å². The molecule has 2 unspecified atom stereocenters. The molecule has 0 radical (unpaired) electrons. The summed E-state index contributed by atoms with van der Waals surface area (Å²) in [6.45, 7) is 10.6. The second-order valence-electron chi connectivity index (χ2n) is 5.74. The number of hydrogen-bond donors (Lipinski definition) is 1. The van der Waals surface area contributed by atoms with Crippen LogP contribution in [0.25, 0.3) is 0 Å². The lowest BCUT2D eigenvalue weighted by atomic mass is 9.84. The standard InChI is InChI=1S/C15H24O/c1-6-11(2)12-7-9-13(10-8-12)14(16)15(3,4)5/h7-11,14,16H,6H2,1-5H3. The van der Waals surface area contributed by atoms with Crippen LogP contribution >= 0.6 is 0 Å². The minimum Gasteiger partial charge on any atom is -0.388 e. The molecule has 0 aliphatic carbocycles. The van der Waals surface area contributed by atoms with Crippen LogP contribution in [0, 0.1) is 5.41 Å². The molecule has 1 N–H and O–H groups in total. The number of aliphatic hydroxyl groups is 1. The molecule has 0 saturated heterocycles. The summed E-state index contributed by atoms with van der Waals surface area (Å²) in [5.74, 6) is 0.598. The second kappa shape index (κ2) is 5.01. The fourth-order valence-electron chi connectivity index (χ4n) is 1.74. The van der Waals surface area contributed by atoms with Crippen LogP contribution in [0.5, 0.6) is 0 Å². The van der Waals surface area contributed by atoms with Crippen LogP contribution in [-0.4, -0.2) is 5.11 Å². The van der Waals surface area contributed by atoms with E-state index in [9.17, 15) is 5.11 Å². The van der Waals surface area contributed by atoms with Gasteiger partial charge in [-0.1, -0.05) is 58.9 Å². The molecule has 0 amide bonds. The van der Waals surface area contributed by atoms with Crippen LogP contribution in [0.3, 0.4) is 0 Å². The number of rotatable bonds is 3. The summed E-state index contributed by atoms with van der Waals surface area (Å²) in [6, 6.07) is 8.38. The normalized spacial score (nSPS) is 15.9. The molecule has 1 rings (SSSR count). The summed E-state index contributed by atoms with van der Waals surface area (Å²) in [6.07, 6.45) is 0.764. The molecule has 0 aromatic heterocycles. The molecule has 0 bridgehead atoms. The van der Waals surface area contributed by atoms with Crippen molar-refractivity contribution in [3.8, 4) is 0 Å². The minimum atomic E-state index is -0.390. The Labute approximate surface area is 99.5 Å². The van der Waals surface area contributed by atoms with Crippen LogP contribution in [-0.2, 0) is 0 Å². The maximum Gasteiger partial charge on any atom is 0.0838 e. The third-order valence-electron chi connectivity index (χ3n) is 3.25. The van der Waals surface area contributed by atoms with Gasteiger partial charge in [0.25, 0.3) is 0 Å². The molecule has 1 nitrogen and oxygen atoms in total. The zero-order valence-electron chi connectivity index (χ0n) is 11.1. The fourth-order valence-corrected chi connectivity index (χ4v) is 1.74. The third kappa shape index (κ3) is 3.08. The zero-order valence-corrected chi connectivity index (χ0v) is 11.1. The Kier molecular flexibility index (Phi) is 4.15. The van der Waals surface area contributed by atoms with E-state index in [4.69, 9.17) is 0 Å². The van der Waals surface area contributed by atoms with Gasteiger partial charge in [0.15, 0.2) is 0 Å². The Bertz CT molecular complexity index is 318. The first-order chi connectivity index (χ1) is 7.36. The Balaban J connectivity index is 2.87. The van der Waals surface area contributed by atoms with E-state index in [1.165, 1.54) is 5.56 Å². The summed E-state index contributed by atoms with van der Waals surface area (Å²) >= 11 is 0. The van der Waals surface area contributed by atoms with Gasteiger partial charge in [-0.3, -0.25) is 0 Å². The van der Waals surface area contributed by atoms with E-state index in [1.54, 1.807) is 0 Å². The average molecular weight is 220 g/mol. The molecule has 0 saturated carbocycles. The van der Waals surface area contributed by atoms with Crippen LogP contribution in [0.1, 0.15) is 64.2 Å². The molecule has 2 atom stereocenters. The first-order valence-corrected chi connectivity index (χ1v) is 6.14. The summed E-state index contributed by atoms with van der Waals surface area (Å²) in [4.78, 5) is 0. The van der Waals surface area contributed by atoms with Gasteiger partial charge in [-0.2, -0.15) is 0 Å². The molecule has 1 heteroatoms. The topological polar surface area (TPSA) is 20.2 Å². The smallest absolute Gasteiger partial charge is 0.0838 e. The Hall–Kier alpha value is -0.820. The van der Waals surface area contributed by atoms with E-state index in [0.717, 1.165) is 12.0 Å². The van der Waals surface area contributed by atoms with Gasteiger partial charge in [0.2, 0.25) is 0 Å². The molecule has 0 fully saturated rings. The summed E-state index contributed by atoms with van der Waals surface area (Å²) in [5, 5.41) is 10.1. The number of benzene rings is 1. The highest BCUT2D eigenvalue weighted by molar-refractivity contribution is 5.27. The van der Waals surface area contributed by atoms with Crippen molar-refractivity contribution in [1.82, 2.24) is 0 Å². The van der Waals surface area contributed by atoms with Crippen molar-refractivity contribution >= 4 is 0 Å². The highest BCUT2D eigenvalue weighted by atomic mass is 16.3. The maximum absolute atomic E-state index is 10.1. The Morgan fingerprint density at radius 1 is 1.06 bits per heavy atom. The Morgan fingerprint density at radius 2 is 1.50 bits per heavy atom. The number of hydrogen-bond acceptors (Lipinski definition) is 1. The summed E-state index contributed by atoms with van der Waals surface area (Å²) in [7, 11) is 0. The van der Waals surface area contributed by atoms with Crippen LogP contribution in [0.4, 0.5) is 0 Å². The van der Waals surface area contributed by atoms with Gasteiger partial charge >= 0.3 is 0 Å². The highest BCUT2D eigenvalue weighted by Gasteiger charge is 2.23. The quantitative estimate of drug-likeness (QED) is 0.806. The van der Waals surface area contributed by atoms with E-state index < -0.39 is 6.10 Å². The number of aliphatic hydroxyl groups excluding tert-OH is 1. The SMILES string of the molecule is CCC(C)c1ccc(C(O)C(C)(C)C)cc1. The monoisotopic (exact) mass is 220 g/mol. The van der Waals surface area contributed by atoms with E-state index >= 15 is 0 Å². The van der Waals surface area contributed by atoms with Crippen LogP contribution in [0.2, 0.25) is 0 Å². The molecular weight excluding hydrogens is 196 g/mol. The molecule has 1 aromatic rings. The zero-order chi connectivity index (χ0) is 12.3. The van der Waals surface area contributed by atoms with Crippen molar-refractivity contribution in [2.24, 2.45) is 5.41 Å². The lowest BCUT2D eigenvalue weighted by Crippen LogP contribution is -2.17. The first-order valence-electron chi connectivity index (χ1n) is 6.14. The van der Waals surface area contributed by atoms with E-state index in [2.05, 4.69) is 58.9 Å². The van der Waals surface area contributed by atoms with Crippen molar-refractivity contribution in [1.29, 1.82) is 0 Å². The Morgan fingerprint density at radius 3 is 1.88 bits per heavy atom. The highest BCUT2D eigenvalue weighted by Crippen LogP contribution is 2.33. The van der Waals surface area contributed by atoms with Gasteiger partial charge in [-0.25, -0.2) is 0 Å². The second-order valence-corrected chi connectivity index (χ2v) is 5.74. The van der Waals surface area contributed by atoms with E-state index in [1.807, 2.05) is 0 Å². The maximum atomic E-state index is 10.1. The molecule has 16 heavy (non-hydrogen) atoms.